The minimum atomic E-state index is -4.33. The second-order valence-corrected chi connectivity index (χ2v) is 5.24. The van der Waals surface area contributed by atoms with Crippen LogP contribution in [0, 0.1) is 0 Å². The van der Waals surface area contributed by atoms with Crippen LogP contribution in [0.3, 0.4) is 0 Å². The minimum absolute atomic E-state index is 0.495. The highest BCUT2D eigenvalue weighted by molar-refractivity contribution is 7.09. The SMILES string of the molecule is COCCCc1nc(-c2cccc(C(F)(F)F)c2)cs1. The van der Waals surface area contributed by atoms with Crippen LogP contribution in [0.15, 0.2) is 29.6 Å². The van der Waals surface area contributed by atoms with Crippen molar-refractivity contribution in [3.63, 3.8) is 0 Å². The van der Waals surface area contributed by atoms with Crippen molar-refractivity contribution in [3.8, 4) is 11.3 Å². The maximum Gasteiger partial charge on any atom is 0.416 e. The summed E-state index contributed by atoms with van der Waals surface area (Å²) in [6.45, 7) is 0.651. The van der Waals surface area contributed by atoms with Gasteiger partial charge in [0.05, 0.1) is 16.3 Å². The summed E-state index contributed by atoms with van der Waals surface area (Å²) in [4.78, 5) is 4.37. The Morgan fingerprint density at radius 3 is 2.80 bits per heavy atom. The van der Waals surface area contributed by atoms with Gasteiger partial charge in [0.1, 0.15) is 0 Å². The zero-order valence-corrected chi connectivity index (χ0v) is 11.7. The lowest BCUT2D eigenvalue weighted by Gasteiger charge is -2.07. The van der Waals surface area contributed by atoms with Crippen molar-refractivity contribution in [1.29, 1.82) is 0 Å². The number of alkyl halides is 3. The zero-order chi connectivity index (χ0) is 14.6. The van der Waals surface area contributed by atoms with Crippen LogP contribution in [0.4, 0.5) is 13.2 Å². The zero-order valence-electron chi connectivity index (χ0n) is 10.9. The van der Waals surface area contributed by atoms with Gasteiger partial charge in [0.2, 0.25) is 0 Å². The van der Waals surface area contributed by atoms with E-state index in [0.717, 1.165) is 30.0 Å². The van der Waals surface area contributed by atoms with Crippen LogP contribution in [0.5, 0.6) is 0 Å². The Bertz CT molecular complexity index is 566. The largest absolute Gasteiger partial charge is 0.416 e. The molecule has 108 valence electrons. The van der Waals surface area contributed by atoms with Gasteiger partial charge in [-0.2, -0.15) is 13.2 Å². The van der Waals surface area contributed by atoms with Crippen molar-refractivity contribution in [1.82, 2.24) is 4.98 Å². The Kier molecular flexibility index (Phi) is 4.77. The summed E-state index contributed by atoms with van der Waals surface area (Å²) in [7, 11) is 1.63. The molecule has 0 atom stereocenters. The molecule has 2 rings (SSSR count). The van der Waals surface area contributed by atoms with Gasteiger partial charge in [-0.05, 0) is 18.6 Å². The Balaban J connectivity index is 2.16. The molecule has 0 fully saturated rings. The average molecular weight is 301 g/mol. The highest BCUT2D eigenvalue weighted by atomic mass is 32.1. The fourth-order valence-electron chi connectivity index (χ4n) is 1.78. The topological polar surface area (TPSA) is 22.1 Å². The monoisotopic (exact) mass is 301 g/mol. The summed E-state index contributed by atoms with van der Waals surface area (Å²) in [5.74, 6) is 0. The van der Waals surface area contributed by atoms with E-state index in [0.29, 0.717) is 17.9 Å². The van der Waals surface area contributed by atoms with Gasteiger partial charge in [-0.3, -0.25) is 0 Å². The van der Waals surface area contributed by atoms with Crippen LogP contribution in [-0.4, -0.2) is 18.7 Å². The molecule has 0 saturated carbocycles. The van der Waals surface area contributed by atoms with E-state index in [1.54, 1.807) is 18.6 Å². The number of ether oxygens (including phenoxy) is 1. The summed E-state index contributed by atoms with van der Waals surface area (Å²) in [5.41, 5.74) is 0.437. The van der Waals surface area contributed by atoms with Crippen molar-refractivity contribution in [2.24, 2.45) is 0 Å². The van der Waals surface area contributed by atoms with Gasteiger partial charge in [-0.25, -0.2) is 4.98 Å². The first-order chi connectivity index (χ1) is 9.50. The molecule has 6 heteroatoms. The van der Waals surface area contributed by atoms with Gasteiger partial charge in [-0.15, -0.1) is 11.3 Å². The number of hydrogen-bond donors (Lipinski definition) is 0. The number of nitrogens with zero attached hydrogens (tertiary/aromatic N) is 1. The molecule has 0 spiro atoms. The summed E-state index contributed by atoms with van der Waals surface area (Å²) >= 11 is 1.46. The third-order valence-electron chi connectivity index (χ3n) is 2.78. The molecule has 1 aromatic carbocycles. The Morgan fingerprint density at radius 2 is 2.10 bits per heavy atom. The number of methoxy groups -OCH3 is 1. The van der Waals surface area contributed by atoms with Crippen LogP contribution < -0.4 is 0 Å². The maximum absolute atomic E-state index is 12.7. The number of benzene rings is 1. The van der Waals surface area contributed by atoms with Crippen molar-refractivity contribution in [3.05, 3.63) is 40.2 Å². The fourth-order valence-corrected chi connectivity index (χ4v) is 2.63. The molecule has 0 N–H and O–H groups in total. The molecule has 0 aliphatic heterocycles. The number of thiazole rings is 1. The highest BCUT2D eigenvalue weighted by Gasteiger charge is 2.30. The second kappa shape index (κ2) is 6.37. The smallest absolute Gasteiger partial charge is 0.385 e. The average Bonchev–Trinajstić information content (AvgIpc) is 2.87. The van der Waals surface area contributed by atoms with Gasteiger partial charge in [-0.1, -0.05) is 12.1 Å². The van der Waals surface area contributed by atoms with E-state index in [1.807, 2.05) is 0 Å². The summed E-state index contributed by atoms with van der Waals surface area (Å²) in [6, 6.07) is 5.24. The highest BCUT2D eigenvalue weighted by Crippen LogP contribution is 2.32. The van der Waals surface area contributed by atoms with E-state index in [9.17, 15) is 13.2 Å². The Hall–Kier alpha value is -1.40. The number of aromatic nitrogens is 1. The van der Waals surface area contributed by atoms with E-state index in [1.165, 1.54) is 17.4 Å². The van der Waals surface area contributed by atoms with Crippen LogP contribution in [-0.2, 0) is 17.3 Å². The molecule has 2 aromatic rings. The summed E-state index contributed by atoms with van der Waals surface area (Å²) < 4.78 is 42.9. The van der Waals surface area contributed by atoms with E-state index < -0.39 is 11.7 Å². The lowest BCUT2D eigenvalue weighted by Crippen LogP contribution is -2.04. The lowest BCUT2D eigenvalue weighted by molar-refractivity contribution is -0.137. The third-order valence-corrected chi connectivity index (χ3v) is 3.69. The molecule has 20 heavy (non-hydrogen) atoms. The normalized spacial score (nSPS) is 11.8. The Labute approximate surface area is 119 Å². The quantitative estimate of drug-likeness (QED) is 0.763. The molecule has 2 nitrogen and oxygen atoms in total. The van der Waals surface area contributed by atoms with Gasteiger partial charge in [0.15, 0.2) is 0 Å². The molecule has 0 saturated heterocycles. The number of aryl methyl sites for hydroxylation is 1. The molecule has 1 heterocycles. The van der Waals surface area contributed by atoms with Gasteiger partial charge >= 0.3 is 6.18 Å². The van der Waals surface area contributed by atoms with Gasteiger partial charge in [0.25, 0.3) is 0 Å². The van der Waals surface area contributed by atoms with Crippen LogP contribution in [0.1, 0.15) is 17.0 Å². The van der Waals surface area contributed by atoms with Crippen molar-refractivity contribution in [2.75, 3.05) is 13.7 Å². The van der Waals surface area contributed by atoms with Gasteiger partial charge < -0.3 is 4.74 Å². The molecular weight excluding hydrogens is 287 g/mol. The maximum atomic E-state index is 12.7. The summed E-state index contributed by atoms with van der Waals surface area (Å²) in [5, 5.41) is 2.70. The molecule has 0 amide bonds. The standard InChI is InChI=1S/C14H14F3NOS/c1-19-7-3-6-13-18-12(9-20-13)10-4-2-5-11(8-10)14(15,16)17/h2,4-5,8-9H,3,6-7H2,1H3. The number of hydrogen-bond acceptors (Lipinski definition) is 3. The number of rotatable bonds is 5. The first kappa shape index (κ1) is 15.0. The van der Waals surface area contributed by atoms with Crippen molar-refractivity contribution in [2.45, 2.75) is 19.0 Å². The second-order valence-electron chi connectivity index (χ2n) is 4.30. The molecular formula is C14H14F3NOS. The Morgan fingerprint density at radius 1 is 1.30 bits per heavy atom. The van der Waals surface area contributed by atoms with Crippen LogP contribution in [0.25, 0.3) is 11.3 Å². The van der Waals surface area contributed by atoms with Crippen LogP contribution >= 0.6 is 11.3 Å². The van der Waals surface area contributed by atoms with E-state index in [4.69, 9.17) is 4.74 Å². The predicted octanol–water partition coefficient (Wildman–Crippen LogP) is 4.41. The van der Waals surface area contributed by atoms with E-state index >= 15 is 0 Å². The number of halogens is 3. The molecule has 0 aliphatic rings. The van der Waals surface area contributed by atoms with Crippen LogP contribution in [0.2, 0.25) is 0 Å². The molecule has 0 unspecified atom stereocenters. The lowest BCUT2D eigenvalue weighted by atomic mass is 10.1. The van der Waals surface area contributed by atoms with Crippen molar-refractivity contribution < 1.29 is 17.9 Å². The molecule has 0 bridgehead atoms. The third kappa shape index (κ3) is 3.80. The fraction of sp³-hybridized carbons (Fsp3) is 0.357. The minimum Gasteiger partial charge on any atom is -0.385 e. The van der Waals surface area contributed by atoms with E-state index in [-0.39, 0.29) is 0 Å². The first-order valence-corrected chi connectivity index (χ1v) is 6.99. The predicted molar refractivity (Wildman–Crippen MR) is 72.7 cm³/mol. The van der Waals surface area contributed by atoms with Crippen molar-refractivity contribution >= 4 is 11.3 Å². The summed E-state index contributed by atoms with van der Waals surface area (Å²) in [6.07, 6.45) is -2.70. The van der Waals surface area contributed by atoms with E-state index in [2.05, 4.69) is 4.98 Å². The molecule has 1 aromatic heterocycles. The van der Waals surface area contributed by atoms with Gasteiger partial charge in [0, 0.05) is 31.1 Å². The molecule has 0 radical (unpaired) electrons. The first-order valence-electron chi connectivity index (χ1n) is 6.11. The molecule has 0 aliphatic carbocycles.